The molecule has 0 aromatic rings. The number of carbonyl (C=O) groups excluding carboxylic acids is 1. The minimum atomic E-state index is -2.60. The first-order chi connectivity index (χ1) is 13.2. The summed E-state index contributed by atoms with van der Waals surface area (Å²) in [6, 6.07) is -1.62. The monoisotopic (exact) mass is 422 g/mol. The zero-order chi connectivity index (χ0) is 20.6. The minimum Gasteiger partial charge on any atom is -0.481 e. The van der Waals surface area contributed by atoms with E-state index in [0.29, 0.717) is 25.0 Å². The normalized spacial score (nSPS) is 43.1. The number of amides is 2. The summed E-state index contributed by atoms with van der Waals surface area (Å²) in [4.78, 5) is 24.2. The summed E-state index contributed by atoms with van der Waals surface area (Å²) in [5.41, 5.74) is -2.60. The number of nitrogens with one attached hydrogen (secondary N) is 1. The fraction of sp³-hybridized carbons (Fsp3) is 0.875. The van der Waals surface area contributed by atoms with Gasteiger partial charge in [0.2, 0.25) is 12.0 Å². The zero-order valence-electron chi connectivity index (χ0n) is 15.0. The fourth-order valence-electron chi connectivity index (χ4n) is 4.16. The molecule has 0 aromatic heterocycles. The second kappa shape index (κ2) is 8.30. The number of urea groups is 1. The number of aliphatic carboxylic acids is 1. The molecule has 3 saturated heterocycles. The van der Waals surface area contributed by atoms with Crippen LogP contribution in [0.5, 0.6) is 0 Å². The van der Waals surface area contributed by atoms with E-state index < -0.39 is 55.0 Å². The van der Waals surface area contributed by atoms with E-state index in [1.165, 1.54) is 0 Å². The Bertz CT molecular complexity index is 611. The van der Waals surface area contributed by atoms with Crippen LogP contribution < -0.4 is 5.32 Å². The summed E-state index contributed by atoms with van der Waals surface area (Å²) in [7, 11) is 0. The molecule has 8 atom stereocenters. The number of unbranched alkanes of at least 4 members (excludes halogenated alkanes) is 1. The maximum Gasteiger partial charge on any atom is 0.320 e. The number of ether oxygens (including phenoxy) is 1. The molecule has 0 radical (unpaired) electrons. The molecule has 0 bridgehead atoms. The number of carbonyl (C=O) groups is 2. The lowest BCUT2D eigenvalue weighted by Crippen LogP contribution is -2.75. The highest BCUT2D eigenvalue weighted by Crippen LogP contribution is 2.43. The lowest BCUT2D eigenvalue weighted by atomic mass is 9.90. The summed E-state index contributed by atoms with van der Waals surface area (Å²) in [5, 5.41) is 62.6. The third kappa shape index (κ3) is 3.58. The lowest BCUT2D eigenvalue weighted by molar-refractivity contribution is -0.363. The Hall–Kier alpha value is -1.15. The summed E-state index contributed by atoms with van der Waals surface area (Å²) in [6.45, 7) is -0.689. The van der Waals surface area contributed by atoms with E-state index in [9.17, 15) is 35.1 Å². The van der Waals surface area contributed by atoms with Crippen molar-refractivity contribution in [1.29, 1.82) is 0 Å². The van der Waals surface area contributed by atoms with Crippen LogP contribution in [0.3, 0.4) is 0 Å². The van der Waals surface area contributed by atoms with Crippen molar-refractivity contribution in [2.24, 2.45) is 0 Å². The molecule has 0 aliphatic carbocycles. The van der Waals surface area contributed by atoms with Gasteiger partial charge >= 0.3 is 12.0 Å². The van der Waals surface area contributed by atoms with Crippen molar-refractivity contribution in [3.8, 4) is 0 Å². The first-order valence-electron chi connectivity index (χ1n) is 9.18. The molecule has 0 saturated carbocycles. The Morgan fingerprint density at radius 2 is 2.04 bits per heavy atom. The topological polar surface area (TPSA) is 180 Å². The molecule has 0 unspecified atom stereocenters. The molecule has 3 heterocycles. The summed E-state index contributed by atoms with van der Waals surface area (Å²) in [6.07, 6.45) is -5.33. The van der Waals surface area contributed by atoms with Crippen molar-refractivity contribution >= 4 is 23.8 Å². The van der Waals surface area contributed by atoms with E-state index in [0.717, 1.165) is 4.90 Å². The van der Waals surface area contributed by atoms with E-state index in [1.54, 1.807) is 11.8 Å². The molecule has 3 fully saturated rings. The van der Waals surface area contributed by atoms with Gasteiger partial charge in [-0.05, 0) is 12.8 Å². The van der Waals surface area contributed by atoms with Gasteiger partial charge in [0.15, 0.2) is 0 Å². The van der Waals surface area contributed by atoms with Gasteiger partial charge in [-0.1, -0.05) is 6.42 Å². The number of fused-ring (bicyclic) bond motifs is 1. The average molecular weight is 422 g/mol. The molecule has 12 heteroatoms. The van der Waals surface area contributed by atoms with Gasteiger partial charge in [0, 0.05) is 17.4 Å². The van der Waals surface area contributed by atoms with Crippen LogP contribution in [-0.4, -0.2) is 108 Å². The molecular weight excluding hydrogens is 396 g/mol. The molecule has 0 aromatic carbocycles. The van der Waals surface area contributed by atoms with Crippen molar-refractivity contribution in [3.05, 3.63) is 0 Å². The molecular formula is C16H26N2O9S. The SMILES string of the molecule is O=C(O)CCCC[C@H]1SC[C@H]2NC(=O)N([C@]3(O)[C@@H](O)O[C@H](CO)[C@@H](O)[C@@H]3O)[C@H]21. The predicted octanol–water partition coefficient (Wildman–Crippen LogP) is -2.37. The van der Waals surface area contributed by atoms with Gasteiger partial charge in [-0.3, -0.25) is 9.69 Å². The smallest absolute Gasteiger partial charge is 0.320 e. The minimum absolute atomic E-state index is 0.0380. The number of aliphatic hydroxyl groups is 5. The summed E-state index contributed by atoms with van der Waals surface area (Å²) in [5.74, 6) is -0.329. The molecule has 0 spiro atoms. The van der Waals surface area contributed by atoms with Gasteiger partial charge in [0.25, 0.3) is 0 Å². The standard InChI is InChI=1S/C16H26N2O9S/c19-5-8-12(22)13(23)16(26,14(24)27-8)18-11-7(17-15(18)25)6-28-9(11)3-1-2-4-10(20)21/h7-9,11-14,19,22-24,26H,1-6H2,(H,17,25)(H,20,21)/t7-,8-,9-,11-,12-,13+,14+,16-/m1/s1. The van der Waals surface area contributed by atoms with Crippen LogP contribution in [-0.2, 0) is 9.53 Å². The molecule has 11 nitrogen and oxygen atoms in total. The zero-order valence-corrected chi connectivity index (χ0v) is 15.9. The van der Waals surface area contributed by atoms with Crippen LogP contribution >= 0.6 is 11.8 Å². The van der Waals surface area contributed by atoms with Crippen LogP contribution in [0.15, 0.2) is 0 Å². The number of carboxylic acid groups (broad SMARTS) is 1. The third-order valence-electron chi connectivity index (χ3n) is 5.61. The number of hydrogen-bond donors (Lipinski definition) is 7. The fourth-order valence-corrected chi connectivity index (χ4v) is 5.73. The first kappa shape index (κ1) is 21.6. The molecule has 3 aliphatic heterocycles. The van der Waals surface area contributed by atoms with Gasteiger partial charge in [-0.25, -0.2) is 4.79 Å². The van der Waals surface area contributed by atoms with Crippen LogP contribution in [0.2, 0.25) is 0 Å². The van der Waals surface area contributed by atoms with E-state index >= 15 is 0 Å². The van der Waals surface area contributed by atoms with Crippen LogP contribution in [0.1, 0.15) is 25.7 Å². The second-order valence-corrected chi connectivity index (χ2v) is 8.63. The summed E-state index contributed by atoms with van der Waals surface area (Å²) < 4.78 is 5.05. The van der Waals surface area contributed by atoms with Gasteiger partial charge in [-0.2, -0.15) is 11.8 Å². The Morgan fingerprint density at radius 3 is 2.68 bits per heavy atom. The number of rotatable bonds is 7. The molecule has 3 aliphatic rings. The van der Waals surface area contributed by atoms with Crippen molar-refractivity contribution < 1.29 is 45.0 Å². The molecule has 7 N–H and O–H groups in total. The van der Waals surface area contributed by atoms with Gasteiger partial charge in [-0.15, -0.1) is 0 Å². The van der Waals surface area contributed by atoms with Crippen LogP contribution in [0, 0.1) is 0 Å². The Balaban J connectivity index is 1.79. The maximum atomic E-state index is 12.6. The highest BCUT2D eigenvalue weighted by Gasteiger charge is 2.65. The Labute approximate surface area is 165 Å². The number of hydrogen-bond acceptors (Lipinski definition) is 9. The van der Waals surface area contributed by atoms with E-state index in [4.69, 9.17) is 9.84 Å². The van der Waals surface area contributed by atoms with Crippen molar-refractivity contribution in [2.75, 3.05) is 12.4 Å². The van der Waals surface area contributed by atoms with Crippen LogP contribution in [0.4, 0.5) is 4.79 Å². The van der Waals surface area contributed by atoms with Crippen molar-refractivity contribution in [3.63, 3.8) is 0 Å². The van der Waals surface area contributed by atoms with Crippen molar-refractivity contribution in [1.82, 2.24) is 10.2 Å². The second-order valence-electron chi connectivity index (χ2n) is 7.36. The average Bonchev–Trinajstić information content (AvgIpc) is 3.18. The lowest BCUT2D eigenvalue weighted by Gasteiger charge is -2.51. The predicted molar refractivity (Wildman–Crippen MR) is 95.2 cm³/mol. The summed E-state index contributed by atoms with van der Waals surface area (Å²) >= 11 is 1.55. The van der Waals surface area contributed by atoms with Crippen molar-refractivity contribution in [2.45, 2.75) is 73.3 Å². The molecule has 28 heavy (non-hydrogen) atoms. The Morgan fingerprint density at radius 1 is 1.32 bits per heavy atom. The first-order valence-corrected chi connectivity index (χ1v) is 10.2. The number of carboxylic acids is 1. The van der Waals surface area contributed by atoms with E-state index in [1.807, 2.05) is 0 Å². The number of thioether (sulfide) groups is 1. The van der Waals surface area contributed by atoms with E-state index in [2.05, 4.69) is 5.32 Å². The molecule has 3 rings (SSSR count). The third-order valence-corrected chi connectivity index (χ3v) is 7.11. The highest BCUT2D eigenvalue weighted by atomic mass is 32.2. The molecule has 160 valence electrons. The maximum absolute atomic E-state index is 12.6. The Kier molecular flexibility index (Phi) is 6.39. The number of aliphatic hydroxyl groups excluding tert-OH is 4. The van der Waals surface area contributed by atoms with Gasteiger partial charge in [0.1, 0.15) is 18.3 Å². The highest BCUT2D eigenvalue weighted by molar-refractivity contribution is 8.00. The van der Waals surface area contributed by atoms with Crippen LogP contribution in [0.25, 0.3) is 0 Å². The largest absolute Gasteiger partial charge is 0.481 e. The quantitative estimate of drug-likeness (QED) is 0.173. The van der Waals surface area contributed by atoms with Gasteiger partial charge in [0.05, 0.1) is 18.7 Å². The molecule has 2 amide bonds. The number of nitrogens with zero attached hydrogens (tertiary/aromatic N) is 1. The van der Waals surface area contributed by atoms with Gasteiger partial charge < -0.3 is 40.7 Å². The van der Waals surface area contributed by atoms with E-state index in [-0.39, 0.29) is 17.7 Å².